The van der Waals surface area contributed by atoms with Gasteiger partial charge in [0.05, 0.1) is 19.3 Å². The van der Waals surface area contributed by atoms with E-state index in [1.807, 2.05) is 18.2 Å². The number of pyridine rings is 1. The van der Waals surface area contributed by atoms with Crippen LogP contribution in [0.25, 0.3) is 0 Å². The molecule has 6 nitrogen and oxygen atoms in total. The fraction of sp³-hybridized carbons (Fsp3) is 0.235. The number of carbonyl (C=O) groups excluding carboxylic acids is 2. The van der Waals surface area contributed by atoms with E-state index < -0.39 is 0 Å². The highest BCUT2D eigenvalue weighted by molar-refractivity contribution is 5.94. The summed E-state index contributed by atoms with van der Waals surface area (Å²) in [4.78, 5) is 27.3. The van der Waals surface area contributed by atoms with Gasteiger partial charge in [0, 0.05) is 11.8 Å². The van der Waals surface area contributed by atoms with Crippen LogP contribution in [-0.2, 0) is 11.3 Å². The first kappa shape index (κ1) is 16.5. The number of methoxy groups -OCH3 is 1. The number of aromatic nitrogens is 1. The van der Waals surface area contributed by atoms with Gasteiger partial charge in [0.25, 0.3) is 5.91 Å². The highest BCUT2D eigenvalue weighted by Gasteiger charge is 2.10. The van der Waals surface area contributed by atoms with E-state index in [1.165, 1.54) is 14.0 Å². The Labute approximate surface area is 134 Å². The van der Waals surface area contributed by atoms with Gasteiger partial charge in [-0.15, -0.1) is 0 Å². The van der Waals surface area contributed by atoms with Gasteiger partial charge in [-0.2, -0.15) is 0 Å². The van der Waals surface area contributed by atoms with Gasteiger partial charge >= 0.3 is 0 Å². The molecule has 0 unspecified atom stereocenters. The molecule has 0 aliphatic heterocycles. The van der Waals surface area contributed by atoms with E-state index in [0.717, 1.165) is 5.69 Å². The lowest BCUT2D eigenvalue weighted by atomic mass is 10.1. The van der Waals surface area contributed by atoms with E-state index in [-0.39, 0.29) is 18.3 Å². The van der Waals surface area contributed by atoms with Crippen LogP contribution in [0.5, 0.6) is 11.5 Å². The van der Waals surface area contributed by atoms with Gasteiger partial charge in [0.2, 0.25) is 0 Å². The average molecular weight is 314 g/mol. The molecule has 1 N–H and O–H groups in total. The monoisotopic (exact) mass is 314 g/mol. The minimum atomic E-state index is -0.270. The van der Waals surface area contributed by atoms with Crippen LogP contribution in [0.3, 0.4) is 0 Å². The molecule has 23 heavy (non-hydrogen) atoms. The molecule has 1 aromatic carbocycles. The standard InChI is InChI=1S/C17H18N2O4/c1-12(20)13-6-7-15(16(9-13)22-2)23-11-17(21)19-10-14-5-3-4-8-18-14/h3-9H,10-11H2,1-2H3,(H,19,21). The molecule has 2 rings (SSSR count). The zero-order valence-corrected chi connectivity index (χ0v) is 13.0. The molecule has 6 heteroatoms. The molecule has 0 aliphatic carbocycles. The lowest BCUT2D eigenvalue weighted by Crippen LogP contribution is -2.28. The van der Waals surface area contributed by atoms with E-state index in [0.29, 0.717) is 23.6 Å². The van der Waals surface area contributed by atoms with Crippen molar-refractivity contribution in [1.29, 1.82) is 0 Å². The van der Waals surface area contributed by atoms with Crippen molar-refractivity contribution in [2.24, 2.45) is 0 Å². The zero-order valence-electron chi connectivity index (χ0n) is 13.0. The molecule has 0 saturated carbocycles. The van der Waals surface area contributed by atoms with Crippen LogP contribution < -0.4 is 14.8 Å². The Morgan fingerprint density at radius 3 is 2.65 bits per heavy atom. The average Bonchev–Trinajstić information content (AvgIpc) is 2.58. The Kier molecular flexibility index (Phi) is 5.68. The van der Waals surface area contributed by atoms with Gasteiger partial charge in [-0.05, 0) is 37.3 Å². The van der Waals surface area contributed by atoms with E-state index in [1.54, 1.807) is 24.4 Å². The van der Waals surface area contributed by atoms with Crippen molar-refractivity contribution < 1.29 is 19.1 Å². The van der Waals surface area contributed by atoms with E-state index >= 15 is 0 Å². The van der Waals surface area contributed by atoms with Gasteiger partial charge in [-0.25, -0.2) is 0 Å². The SMILES string of the molecule is COc1cc(C(C)=O)ccc1OCC(=O)NCc1ccccn1. The summed E-state index contributed by atoms with van der Waals surface area (Å²) in [5.41, 5.74) is 1.29. The normalized spacial score (nSPS) is 10.0. The Morgan fingerprint density at radius 1 is 1.17 bits per heavy atom. The Morgan fingerprint density at radius 2 is 2.00 bits per heavy atom. The molecule has 1 aromatic heterocycles. The number of Topliss-reactive ketones (excluding diaryl/α,β-unsaturated/α-hetero) is 1. The molecular formula is C17H18N2O4. The molecule has 1 amide bonds. The molecule has 0 saturated heterocycles. The summed E-state index contributed by atoms with van der Waals surface area (Å²) in [7, 11) is 1.48. The van der Waals surface area contributed by atoms with Crippen LogP contribution in [0.2, 0.25) is 0 Å². The van der Waals surface area contributed by atoms with Crippen molar-refractivity contribution in [3.8, 4) is 11.5 Å². The molecule has 0 atom stereocenters. The van der Waals surface area contributed by atoms with Crippen LogP contribution >= 0.6 is 0 Å². The van der Waals surface area contributed by atoms with Crippen LogP contribution in [0.15, 0.2) is 42.6 Å². The van der Waals surface area contributed by atoms with Crippen molar-refractivity contribution in [2.45, 2.75) is 13.5 Å². The molecule has 0 aliphatic rings. The maximum absolute atomic E-state index is 11.8. The van der Waals surface area contributed by atoms with Crippen LogP contribution in [0.1, 0.15) is 23.0 Å². The Hall–Kier alpha value is -2.89. The molecule has 120 valence electrons. The first-order valence-corrected chi connectivity index (χ1v) is 7.08. The van der Waals surface area contributed by atoms with Crippen molar-refractivity contribution >= 4 is 11.7 Å². The third-order valence-corrected chi connectivity index (χ3v) is 3.12. The van der Waals surface area contributed by atoms with Crippen LogP contribution in [0.4, 0.5) is 0 Å². The van der Waals surface area contributed by atoms with E-state index in [2.05, 4.69) is 10.3 Å². The quantitative estimate of drug-likeness (QED) is 0.791. The lowest BCUT2D eigenvalue weighted by Gasteiger charge is -2.11. The summed E-state index contributed by atoms with van der Waals surface area (Å²) in [6, 6.07) is 10.3. The summed E-state index contributed by atoms with van der Waals surface area (Å²) < 4.78 is 10.6. The number of ketones is 1. The topological polar surface area (TPSA) is 77.5 Å². The number of hydrogen-bond acceptors (Lipinski definition) is 5. The van der Waals surface area contributed by atoms with Crippen molar-refractivity contribution in [2.75, 3.05) is 13.7 Å². The summed E-state index contributed by atoms with van der Waals surface area (Å²) in [5.74, 6) is 0.483. The molecule has 0 spiro atoms. The number of benzene rings is 1. The maximum Gasteiger partial charge on any atom is 0.258 e. The van der Waals surface area contributed by atoms with Gasteiger partial charge < -0.3 is 14.8 Å². The van der Waals surface area contributed by atoms with Gasteiger partial charge in [-0.1, -0.05) is 6.07 Å². The Balaban J connectivity index is 1.90. The first-order valence-electron chi connectivity index (χ1n) is 7.08. The fourth-order valence-electron chi connectivity index (χ4n) is 1.89. The molecule has 1 heterocycles. The predicted octanol–water partition coefficient (Wildman–Crippen LogP) is 1.99. The van der Waals surface area contributed by atoms with Crippen molar-refractivity contribution in [3.63, 3.8) is 0 Å². The van der Waals surface area contributed by atoms with Gasteiger partial charge in [-0.3, -0.25) is 14.6 Å². The number of nitrogens with zero attached hydrogens (tertiary/aromatic N) is 1. The highest BCUT2D eigenvalue weighted by Crippen LogP contribution is 2.28. The summed E-state index contributed by atoms with van der Waals surface area (Å²) in [6.07, 6.45) is 1.67. The molecule has 0 bridgehead atoms. The second-order valence-corrected chi connectivity index (χ2v) is 4.81. The third kappa shape index (κ3) is 4.81. The smallest absolute Gasteiger partial charge is 0.258 e. The van der Waals surface area contributed by atoms with E-state index in [9.17, 15) is 9.59 Å². The summed E-state index contributed by atoms with van der Waals surface area (Å²) in [6.45, 7) is 1.66. The second kappa shape index (κ2) is 7.93. The third-order valence-electron chi connectivity index (χ3n) is 3.12. The van der Waals surface area contributed by atoms with Crippen LogP contribution in [0, 0.1) is 0 Å². The second-order valence-electron chi connectivity index (χ2n) is 4.81. The predicted molar refractivity (Wildman–Crippen MR) is 84.6 cm³/mol. The lowest BCUT2D eigenvalue weighted by molar-refractivity contribution is -0.123. The van der Waals surface area contributed by atoms with E-state index in [4.69, 9.17) is 9.47 Å². The Bertz CT molecular complexity index is 686. The number of nitrogens with one attached hydrogen (secondary N) is 1. The molecule has 2 aromatic rings. The molecular weight excluding hydrogens is 296 g/mol. The number of hydrogen-bond donors (Lipinski definition) is 1. The van der Waals surface area contributed by atoms with Gasteiger partial charge in [0.15, 0.2) is 23.9 Å². The minimum absolute atomic E-state index is 0.0667. The number of amides is 1. The van der Waals surface area contributed by atoms with Crippen molar-refractivity contribution in [3.05, 3.63) is 53.9 Å². The molecule has 0 radical (unpaired) electrons. The largest absolute Gasteiger partial charge is 0.493 e. The number of ether oxygens (including phenoxy) is 2. The summed E-state index contributed by atoms with van der Waals surface area (Å²) in [5, 5.41) is 2.71. The summed E-state index contributed by atoms with van der Waals surface area (Å²) >= 11 is 0. The minimum Gasteiger partial charge on any atom is -0.493 e. The number of carbonyl (C=O) groups is 2. The maximum atomic E-state index is 11.8. The number of rotatable bonds is 7. The zero-order chi connectivity index (χ0) is 16.7. The van der Waals surface area contributed by atoms with Crippen molar-refractivity contribution in [1.82, 2.24) is 10.3 Å². The first-order chi connectivity index (χ1) is 11.1. The fourth-order valence-corrected chi connectivity index (χ4v) is 1.89. The molecule has 0 fully saturated rings. The van der Waals surface area contributed by atoms with Crippen LogP contribution in [-0.4, -0.2) is 30.4 Å². The highest BCUT2D eigenvalue weighted by atomic mass is 16.5. The van der Waals surface area contributed by atoms with Gasteiger partial charge in [0.1, 0.15) is 0 Å².